The lowest BCUT2D eigenvalue weighted by Crippen LogP contribution is -2.29. The zero-order valence-corrected chi connectivity index (χ0v) is 13.6. The van der Waals surface area contributed by atoms with Gasteiger partial charge in [0, 0.05) is 24.7 Å². The number of urea groups is 1. The molecular weight excluding hydrogens is 280 g/mol. The Hall–Kier alpha value is -2.04. The number of carbonyl (C=O) groups is 2. The van der Waals surface area contributed by atoms with Crippen molar-refractivity contribution in [2.75, 3.05) is 11.9 Å². The van der Waals surface area contributed by atoms with Gasteiger partial charge in [-0.2, -0.15) is 0 Å². The molecule has 1 aromatic rings. The van der Waals surface area contributed by atoms with Crippen LogP contribution in [0.2, 0.25) is 0 Å². The molecule has 2 N–H and O–H groups in total. The van der Waals surface area contributed by atoms with Crippen molar-refractivity contribution < 1.29 is 14.3 Å². The van der Waals surface area contributed by atoms with Crippen LogP contribution in [0.15, 0.2) is 24.3 Å². The fourth-order valence-electron chi connectivity index (χ4n) is 2.10. The van der Waals surface area contributed by atoms with Gasteiger partial charge in [-0.3, -0.25) is 4.79 Å². The van der Waals surface area contributed by atoms with Crippen molar-refractivity contribution in [1.82, 2.24) is 5.32 Å². The summed E-state index contributed by atoms with van der Waals surface area (Å²) in [6, 6.07) is 6.59. The topological polar surface area (TPSA) is 67.4 Å². The van der Waals surface area contributed by atoms with Crippen LogP contribution in [0.5, 0.6) is 5.75 Å². The van der Waals surface area contributed by atoms with Crippen molar-refractivity contribution in [1.29, 1.82) is 0 Å². The molecule has 0 bridgehead atoms. The molecule has 5 nitrogen and oxygen atoms in total. The predicted octanol–water partition coefficient (Wildman–Crippen LogP) is 3.95. The minimum absolute atomic E-state index is 0.242. The predicted molar refractivity (Wildman–Crippen MR) is 88.1 cm³/mol. The number of anilines is 1. The number of hydrogen-bond donors (Lipinski definition) is 2. The molecule has 0 saturated carbocycles. The summed E-state index contributed by atoms with van der Waals surface area (Å²) in [5.74, 6) is 0.522. The van der Waals surface area contributed by atoms with E-state index < -0.39 is 0 Å². The van der Waals surface area contributed by atoms with Crippen molar-refractivity contribution in [3.05, 3.63) is 24.3 Å². The van der Waals surface area contributed by atoms with E-state index in [0.717, 1.165) is 19.3 Å². The number of hydrogen-bond acceptors (Lipinski definition) is 3. The fourth-order valence-corrected chi connectivity index (χ4v) is 2.10. The van der Waals surface area contributed by atoms with E-state index in [2.05, 4.69) is 17.6 Å². The lowest BCUT2D eigenvalue weighted by molar-refractivity contribution is -0.135. The lowest BCUT2D eigenvalue weighted by Gasteiger charge is -2.11. The Morgan fingerprint density at radius 2 is 2.00 bits per heavy atom. The zero-order valence-electron chi connectivity index (χ0n) is 13.6. The molecule has 5 heteroatoms. The third kappa shape index (κ3) is 7.11. The minimum Gasteiger partial charge on any atom is -0.426 e. The maximum Gasteiger partial charge on any atom is 0.319 e. The van der Waals surface area contributed by atoms with Crippen LogP contribution in [0.25, 0.3) is 0 Å². The van der Waals surface area contributed by atoms with E-state index in [4.69, 9.17) is 4.74 Å². The average Bonchev–Trinajstić information content (AvgIpc) is 2.45. The summed E-state index contributed by atoms with van der Waals surface area (Å²) in [5, 5.41) is 5.43. The normalized spacial score (nSPS) is 11.6. The Kier molecular flexibility index (Phi) is 8.04. The highest BCUT2D eigenvalue weighted by atomic mass is 16.5. The van der Waals surface area contributed by atoms with Crippen LogP contribution in [0.3, 0.4) is 0 Å². The summed E-state index contributed by atoms with van der Waals surface area (Å²) in [5.41, 5.74) is 0.598. The molecule has 1 unspecified atom stereocenters. The second-order valence-electron chi connectivity index (χ2n) is 5.48. The summed E-state index contributed by atoms with van der Waals surface area (Å²) in [6.45, 7) is 6.75. The quantitative estimate of drug-likeness (QED) is 0.564. The summed E-state index contributed by atoms with van der Waals surface area (Å²) < 4.78 is 5.32. The molecule has 0 heterocycles. The number of esters is 1. The molecular formula is C17H26N2O3. The minimum atomic E-state index is -0.262. The largest absolute Gasteiger partial charge is 0.426 e. The van der Waals surface area contributed by atoms with Gasteiger partial charge in [0.1, 0.15) is 5.75 Å². The number of nitrogens with one attached hydrogen (secondary N) is 2. The van der Waals surface area contributed by atoms with Gasteiger partial charge in [-0.15, -0.1) is 0 Å². The van der Waals surface area contributed by atoms with E-state index in [9.17, 15) is 9.59 Å². The molecule has 1 atom stereocenters. The van der Waals surface area contributed by atoms with Crippen LogP contribution >= 0.6 is 0 Å². The Morgan fingerprint density at radius 1 is 1.23 bits per heavy atom. The highest BCUT2D eigenvalue weighted by molar-refractivity contribution is 5.89. The zero-order chi connectivity index (χ0) is 16.4. The first kappa shape index (κ1) is 18.0. The Balaban J connectivity index is 2.53. The first-order valence-electron chi connectivity index (χ1n) is 7.90. The molecule has 1 rings (SSSR count). The molecule has 0 aliphatic carbocycles. The van der Waals surface area contributed by atoms with E-state index >= 15 is 0 Å². The SMILES string of the molecule is CCCNC(=O)Nc1cccc(OC(=O)CC(C)CCC)c1. The molecule has 0 aliphatic rings. The van der Waals surface area contributed by atoms with Crippen LogP contribution in [0.4, 0.5) is 10.5 Å². The number of ether oxygens (including phenoxy) is 1. The van der Waals surface area contributed by atoms with Gasteiger partial charge in [0.05, 0.1) is 0 Å². The van der Waals surface area contributed by atoms with Crippen LogP contribution in [-0.2, 0) is 4.79 Å². The number of rotatable bonds is 8. The van der Waals surface area contributed by atoms with Crippen molar-refractivity contribution >= 4 is 17.7 Å². The van der Waals surface area contributed by atoms with Gasteiger partial charge < -0.3 is 15.4 Å². The fraction of sp³-hybridized carbons (Fsp3) is 0.529. The number of carbonyl (C=O) groups excluding carboxylic acids is 2. The maximum absolute atomic E-state index is 11.9. The third-order valence-electron chi connectivity index (χ3n) is 3.16. The van der Waals surface area contributed by atoms with Gasteiger partial charge >= 0.3 is 12.0 Å². The Bertz CT molecular complexity index is 489. The first-order valence-corrected chi connectivity index (χ1v) is 7.90. The van der Waals surface area contributed by atoms with Crippen molar-refractivity contribution in [3.8, 4) is 5.75 Å². The van der Waals surface area contributed by atoms with Crippen LogP contribution in [0, 0.1) is 5.92 Å². The van der Waals surface area contributed by atoms with Crippen molar-refractivity contribution in [3.63, 3.8) is 0 Å². The summed E-state index contributed by atoms with van der Waals surface area (Å²) >= 11 is 0. The van der Waals surface area contributed by atoms with Gasteiger partial charge in [-0.1, -0.05) is 39.7 Å². The summed E-state index contributed by atoms with van der Waals surface area (Å²) in [4.78, 5) is 23.4. The third-order valence-corrected chi connectivity index (χ3v) is 3.16. The van der Waals surface area contributed by atoms with E-state index in [1.165, 1.54) is 0 Å². The summed E-state index contributed by atoms with van der Waals surface area (Å²) in [7, 11) is 0. The van der Waals surface area contributed by atoms with Gasteiger partial charge in [-0.25, -0.2) is 4.79 Å². The van der Waals surface area contributed by atoms with Gasteiger partial charge in [-0.05, 0) is 24.5 Å². The number of amides is 2. The first-order chi connectivity index (χ1) is 10.5. The second kappa shape index (κ2) is 9.82. The smallest absolute Gasteiger partial charge is 0.319 e. The summed E-state index contributed by atoms with van der Waals surface area (Å²) in [6.07, 6.45) is 3.35. The molecule has 0 spiro atoms. The van der Waals surface area contributed by atoms with E-state index in [1.54, 1.807) is 24.3 Å². The van der Waals surface area contributed by atoms with E-state index in [1.807, 2.05) is 13.8 Å². The molecule has 122 valence electrons. The molecule has 0 aromatic heterocycles. The van der Waals surface area contributed by atoms with Crippen LogP contribution in [-0.4, -0.2) is 18.5 Å². The molecule has 0 fully saturated rings. The maximum atomic E-state index is 11.9. The second-order valence-corrected chi connectivity index (χ2v) is 5.48. The Morgan fingerprint density at radius 3 is 2.68 bits per heavy atom. The highest BCUT2D eigenvalue weighted by Crippen LogP contribution is 2.19. The van der Waals surface area contributed by atoms with Crippen molar-refractivity contribution in [2.24, 2.45) is 5.92 Å². The molecule has 0 saturated heterocycles. The molecule has 0 radical (unpaired) electrons. The number of benzene rings is 1. The van der Waals surface area contributed by atoms with E-state index in [0.29, 0.717) is 30.3 Å². The van der Waals surface area contributed by atoms with E-state index in [-0.39, 0.29) is 12.0 Å². The van der Waals surface area contributed by atoms with Gasteiger partial charge in [0.15, 0.2) is 0 Å². The van der Waals surface area contributed by atoms with Crippen LogP contribution in [0.1, 0.15) is 46.5 Å². The molecule has 22 heavy (non-hydrogen) atoms. The molecule has 2 amide bonds. The molecule has 1 aromatic carbocycles. The van der Waals surface area contributed by atoms with Gasteiger partial charge in [0.2, 0.25) is 0 Å². The Labute approximate surface area is 132 Å². The van der Waals surface area contributed by atoms with Gasteiger partial charge in [0.25, 0.3) is 0 Å². The monoisotopic (exact) mass is 306 g/mol. The molecule has 0 aliphatic heterocycles. The standard InChI is InChI=1S/C17H26N2O3/c1-4-7-13(3)11-16(20)22-15-9-6-8-14(12-15)19-17(21)18-10-5-2/h6,8-9,12-13H,4-5,7,10-11H2,1-3H3,(H2,18,19,21). The van der Waals surface area contributed by atoms with Crippen molar-refractivity contribution in [2.45, 2.75) is 46.5 Å². The lowest BCUT2D eigenvalue weighted by atomic mass is 10.0. The van der Waals surface area contributed by atoms with Crippen LogP contribution < -0.4 is 15.4 Å². The highest BCUT2D eigenvalue weighted by Gasteiger charge is 2.11. The average molecular weight is 306 g/mol.